The second kappa shape index (κ2) is 6.05. The van der Waals surface area contributed by atoms with Gasteiger partial charge in [-0.15, -0.1) is 0 Å². The molecule has 2 nitrogen and oxygen atoms in total. The van der Waals surface area contributed by atoms with E-state index < -0.39 is 0 Å². The topological polar surface area (TPSA) is 38.0 Å². The lowest BCUT2D eigenvalue weighted by Gasteiger charge is -2.05. The first-order valence-corrected chi connectivity index (χ1v) is 3.73. The molecule has 0 spiro atoms. The van der Waals surface area contributed by atoms with E-state index in [1.807, 2.05) is 6.92 Å². The van der Waals surface area contributed by atoms with Gasteiger partial charge in [0.1, 0.15) is 0 Å². The van der Waals surface area contributed by atoms with Crippen LogP contribution in [0.3, 0.4) is 0 Å². The number of nitrogens with one attached hydrogen (secondary N) is 1. The molecule has 0 aliphatic rings. The average Bonchev–Trinajstić information content (AvgIpc) is 1.80. The van der Waals surface area contributed by atoms with Gasteiger partial charge in [0.2, 0.25) is 0 Å². The van der Waals surface area contributed by atoms with E-state index in [0.29, 0.717) is 6.04 Å². The van der Waals surface area contributed by atoms with Crippen LogP contribution in [0.5, 0.6) is 0 Å². The summed E-state index contributed by atoms with van der Waals surface area (Å²) in [4.78, 5) is 0. The molecule has 0 fully saturated rings. The van der Waals surface area contributed by atoms with Crippen molar-refractivity contribution in [2.45, 2.75) is 32.7 Å². The fourth-order valence-corrected chi connectivity index (χ4v) is 0.632. The van der Waals surface area contributed by atoms with Gasteiger partial charge in [-0.05, 0) is 19.9 Å². The van der Waals surface area contributed by atoms with Crippen molar-refractivity contribution < 1.29 is 0 Å². The summed E-state index contributed by atoms with van der Waals surface area (Å²) in [5, 5.41) is 3.26. The molecule has 0 amide bonds. The summed E-state index contributed by atoms with van der Waals surface area (Å²) in [6, 6.07) is 0.293. The van der Waals surface area contributed by atoms with Crippen molar-refractivity contribution in [2.75, 3.05) is 13.1 Å². The molecule has 9 heavy (non-hydrogen) atoms. The smallest absolute Gasteiger partial charge is 0.0136 e. The maximum Gasteiger partial charge on any atom is 0.0136 e. The first-order valence-electron chi connectivity index (χ1n) is 3.73. The Bertz CT molecular complexity index is 52.9. The van der Waals surface area contributed by atoms with Crippen LogP contribution in [0.15, 0.2) is 0 Å². The van der Waals surface area contributed by atoms with Gasteiger partial charge < -0.3 is 11.1 Å². The highest BCUT2D eigenvalue weighted by Gasteiger charge is 1.89. The molecule has 0 saturated carbocycles. The van der Waals surface area contributed by atoms with Crippen molar-refractivity contribution >= 4 is 0 Å². The van der Waals surface area contributed by atoms with Gasteiger partial charge in [0.05, 0.1) is 0 Å². The Balaban J connectivity index is 2.75. The van der Waals surface area contributed by atoms with E-state index in [0.717, 1.165) is 13.1 Å². The number of rotatable bonds is 5. The molecule has 0 saturated heterocycles. The van der Waals surface area contributed by atoms with Crippen LogP contribution in [0.1, 0.15) is 26.7 Å². The second-order valence-electron chi connectivity index (χ2n) is 2.53. The molecular formula is C7H18N2. The van der Waals surface area contributed by atoms with Gasteiger partial charge in [-0.2, -0.15) is 0 Å². The Kier molecular flexibility index (Phi) is 5.99. The second-order valence-corrected chi connectivity index (χ2v) is 2.53. The van der Waals surface area contributed by atoms with Crippen LogP contribution in [0.4, 0.5) is 0 Å². The third-order valence-electron chi connectivity index (χ3n) is 1.17. The largest absolute Gasteiger partial charge is 0.327 e. The summed E-state index contributed by atoms with van der Waals surface area (Å²) in [5.74, 6) is 0. The van der Waals surface area contributed by atoms with Gasteiger partial charge in [-0.25, -0.2) is 0 Å². The predicted molar refractivity (Wildman–Crippen MR) is 41.4 cm³/mol. The lowest BCUT2D eigenvalue weighted by atomic mass is 10.3. The minimum atomic E-state index is 0.293. The average molecular weight is 130 g/mol. The normalized spacial score (nSPS) is 13.7. The molecule has 0 aliphatic heterocycles. The van der Waals surface area contributed by atoms with Gasteiger partial charge in [-0.3, -0.25) is 0 Å². The summed E-state index contributed by atoms with van der Waals surface area (Å²) < 4.78 is 0. The van der Waals surface area contributed by atoms with Crippen LogP contribution in [-0.2, 0) is 0 Å². The zero-order valence-corrected chi connectivity index (χ0v) is 6.48. The Labute approximate surface area is 57.8 Å². The highest BCUT2D eigenvalue weighted by molar-refractivity contribution is 4.56. The van der Waals surface area contributed by atoms with Crippen LogP contribution in [0, 0.1) is 0 Å². The quantitative estimate of drug-likeness (QED) is 0.538. The molecule has 0 aromatic rings. The minimum absolute atomic E-state index is 0.293. The molecule has 3 N–H and O–H groups in total. The number of unbranched alkanes of at least 4 members (excludes halogenated alkanes) is 1. The van der Waals surface area contributed by atoms with Crippen LogP contribution in [0.2, 0.25) is 0 Å². The number of hydrogen-bond acceptors (Lipinski definition) is 2. The maximum absolute atomic E-state index is 5.51. The first kappa shape index (κ1) is 8.92. The van der Waals surface area contributed by atoms with Crippen molar-refractivity contribution in [1.29, 1.82) is 0 Å². The Morgan fingerprint density at radius 2 is 2.22 bits per heavy atom. The van der Waals surface area contributed by atoms with E-state index in [-0.39, 0.29) is 0 Å². The number of nitrogens with two attached hydrogens (primary N) is 1. The lowest BCUT2D eigenvalue weighted by Crippen LogP contribution is -2.31. The molecule has 0 radical (unpaired) electrons. The fraction of sp³-hybridized carbons (Fsp3) is 1.00. The van der Waals surface area contributed by atoms with Crippen molar-refractivity contribution in [3.63, 3.8) is 0 Å². The maximum atomic E-state index is 5.51. The molecule has 0 rings (SSSR count). The molecule has 0 bridgehead atoms. The van der Waals surface area contributed by atoms with Gasteiger partial charge in [0.25, 0.3) is 0 Å². The SMILES string of the molecule is CCCCNC[C@H](C)N. The Morgan fingerprint density at radius 1 is 1.56 bits per heavy atom. The molecule has 0 heterocycles. The highest BCUT2D eigenvalue weighted by atomic mass is 14.9. The zero-order valence-electron chi connectivity index (χ0n) is 6.48. The third-order valence-corrected chi connectivity index (χ3v) is 1.17. The predicted octanol–water partition coefficient (Wildman–Crippen LogP) is 0.723. The number of hydrogen-bond donors (Lipinski definition) is 2. The molecule has 0 aromatic carbocycles. The fourth-order valence-electron chi connectivity index (χ4n) is 0.632. The van der Waals surface area contributed by atoms with Crippen LogP contribution in [0.25, 0.3) is 0 Å². The monoisotopic (exact) mass is 130 g/mol. The molecule has 2 heteroatoms. The van der Waals surface area contributed by atoms with E-state index in [1.165, 1.54) is 12.8 Å². The van der Waals surface area contributed by atoms with E-state index in [4.69, 9.17) is 5.73 Å². The van der Waals surface area contributed by atoms with Crippen LogP contribution in [-0.4, -0.2) is 19.1 Å². The van der Waals surface area contributed by atoms with E-state index in [9.17, 15) is 0 Å². The molecular weight excluding hydrogens is 112 g/mol. The lowest BCUT2D eigenvalue weighted by molar-refractivity contribution is 0.587. The van der Waals surface area contributed by atoms with Crippen molar-refractivity contribution in [3.8, 4) is 0 Å². The third kappa shape index (κ3) is 7.92. The summed E-state index contributed by atoms with van der Waals surface area (Å²) >= 11 is 0. The Morgan fingerprint density at radius 3 is 2.67 bits per heavy atom. The van der Waals surface area contributed by atoms with Crippen LogP contribution >= 0.6 is 0 Å². The highest BCUT2D eigenvalue weighted by Crippen LogP contribution is 1.81. The summed E-state index contributed by atoms with van der Waals surface area (Å²) in [6.07, 6.45) is 2.51. The van der Waals surface area contributed by atoms with E-state index in [1.54, 1.807) is 0 Å². The van der Waals surface area contributed by atoms with Crippen molar-refractivity contribution in [3.05, 3.63) is 0 Å². The van der Waals surface area contributed by atoms with E-state index in [2.05, 4.69) is 12.2 Å². The zero-order chi connectivity index (χ0) is 7.11. The first-order chi connectivity index (χ1) is 4.27. The van der Waals surface area contributed by atoms with Crippen molar-refractivity contribution in [1.82, 2.24) is 5.32 Å². The Hall–Kier alpha value is -0.0800. The van der Waals surface area contributed by atoms with Gasteiger partial charge >= 0.3 is 0 Å². The minimum Gasteiger partial charge on any atom is -0.327 e. The van der Waals surface area contributed by atoms with Crippen molar-refractivity contribution in [2.24, 2.45) is 5.73 Å². The molecule has 1 atom stereocenters. The van der Waals surface area contributed by atoms with Gasteiger partial charge in [0.15, 0.2) is 0 Å². The summed E-state index contributed by atoms with van der Waals surface area (Å²) in [6.45, 7) is 6.25. The van der Waals surface area contributed by atoms with Gasteiger partial charge in [0, 0.05) is 12.6 Å². The van der Waals surface area contributed by atoms with Crippen LogP contribution < -0.4 is 11.1 Å². The summed E-state index contributed by atoms with van der Waals surface area (Å²) in [5.41, 5.74) is 5.51. The standard InChI is InChI=1S/C7H18N2/c1-3-4-5-9-6-7(2)8/h7,9H,3-6,8H2,1-2H3/t7-/m0/s1. The summed E-state index contributed by atoms with van der Waals surface area (Å²) in [7, 11) is 0. The molecule has 0 unspecified atom stereocenters. The molecule has 56 valence electrons. The van der Waals surface area contributed by atoms with Gasteiger partial charge in [-0.1, -0.05) is 13.3 Å². The molecule has 0 aromatic heterocycles. The molecule has 0 aliphatic carbocycles. The van der Waals surface area contributed by atoms with E-state index >= 15 is 0 Å².